The monoisotopic (exact) mass is 203 g/mol. The van der Waals surface area contributed by atoms with E-state index in [9.17, 15) is 0 Å². The first-order chi connectivity index (χ1) is 7.00. The molecule has 2 aliphatic heterocycles. The summed E-state index contributed by atoms with van der Waals surface area (Å²) in [5.41, 5.74) is 2.35. The minimum atomic E-state index is 0.740. The van der Waals surface area contributed by atoms with Crippen LogP contribution < -0.4 is 10.9 Å². The van der Waals surface area contributed by atoms with Crippen LogP contribution >= 0.6 is 0 Å². The second-order valence-electron chi connectivity index (χ2n) is 2.40. The quantitative estimate of drug-likeness (QED) is 0.603. The molecule has 0 bridgehead atoms. The van der Waals surface area contributed by atoms with E-state index in [1.165, 1.54) is 0 Å². The van der Waals surface area contributed by atoms with Gasteiger partial charge in [-0.15, -0.1) is 0 Å². The summed E-state index contributed by atoms with van der Waals surface area (Å²) >= 11 is 0. The molecule has 0 atom stereocenters. The molecule has 0 aromatic carbocycles. The standard InChI is InChI=1S/C4H9NO.C3H6N2O.C2H6/c1-3-6-4-2-5-1;1-2-4-5-6-3-1;1-2/h5H,1-4H2;2,5H,1,3H2;1-2H3. The maximum atomic E-state index is 5.01. The van der Waals surface area contributed by atoms with Crippen LogP contribution in [0.5, 0.6) is 0 Å². The second-order valence-corrected chi connectivity index (χ2v) is 2.40. The molecule has 2 aliphatic rings. The highest BCUT2D eigenvalue weighted by Gasteiger charge is 1.92. The van der Waals surface area contributed by atoms with E-state index >= 15 is 0 Å². The van der Waals surface area contributed by atoms with E-state index in [0.717, 1.165) is 39.3 Å². The number of hydrogen-bond acceptors (Lipinski definition) is 5. The van der Waals surface area contributed by atoms with Crippen LogP contribution in [0.1, 0.15) is 20.3 Å². The van der Waals surface area contributed by atoms with Gasteiger partial charge in [-0.05, 0) is 0 Å². The Labute approximate surface area is 85.8 Å². The molecule has 14 heavy (non-hydrogen) atoms. The molecular formula is C9H21N3O2. The molecule has 2 N–H and O–H groups in total. The fraction of sp³-hybridized carbons (Fsp3) is 0.889. The molecule has 1 saturated heterocycles. The van der Waals surface area contributed by atoms with Crippen molar-refractivity contribution in [3.63, 3.8) is 0 Å². The first-order valence-electron chi connectivity index (χ1n) is 5.17. The lowest BCUT2D eigenvalue weighted by Gasteiger charge is -2.10. The number of nitrogens with zero attached hydrogens (tertiary/aromatic N) is 1. The zero-order chi connectivity index (χ0) is 10.5. The minimum Gasteiger partial charge on any atom is -0.379 e. The van der Waals surface area contributed by atoms with Gasteiger partial charge < -0.3 is 10.1 Å². The molecule has 0 radical (unpaired) electrons. The van der Waals surface area contributed by atoms with Gasteiger partial charge in [0.15, 0.2) is 0 Å². The summed E-state index contributed by atoms with van der Waals surface area (Å²) in [4.78, 5) is 4.62. The number of ether oxygens (including phenoxy) is 1. The van der Waals surface area contributed by atoms with E-state index in [-0.39, 0.29) is 0 Å². The van der Waals surface area contributed by atoms with Crippen LogP contribution in [0.2, 0.25) is 0 Å². The lowest BCUT2D eigenvalue weighted by molar-refractivity contribution is 0.0403. The normalized spacial score (nSPS) is 19.3. The third-order valence-electron chi connectivity index (χ3n) is 1.40. The van der Waals surface area contributed by atoms with Crippen LogP contribution in [-0.4, -0.2) is 39.1 Å². The van der Waals surface area contributed by atoms with E-state index in [1.807, 2.05) is 13.8 Å². The zero-order valence-electron chi connectivity index (χ0n) is 9.08. The van der Waals surface area contributed by atoms with E-state index in [1.54, 1.807) is 6.21 Å². The van der Waals surface area contributed by atoms with Crippen molar-refractivity contribution in [2.24, 2.45) is 5.10 Å². The Hall–Kier alpha value is -0.650. The maximum absolute atomic E-state index is 5.01. The van der Waals surface area contributed by atoms with E-state index in [4.69, 9.17) is 4.74 Å². The average molecular weight is 203 g/mol. The number of rotatable bonds is 0. The number of hydrazone groups is 1. The van der Waals surface area contributed by atoms with E-state index < -0.39 is 0 Å². The first-order valence-corrected chi connectivity index (χ1v) is 5.17. The van der Waals surface area contributed by atoms with Gasteiger partial charge in [0.25, 0.3) is 0 Å². The Kier molecular flexibility index (Phi) is 11.8. The summed E-state index contributed by atoms with van der Waals surface area (Å²) in [6.07, 6.45) is 2.70. The van der Waals surface area contributed by atoms with Crippen molar-refractivity contribution < 1.29 is 9.57 Å². The molecule has 0 aliphatic carbocycles. The van der Waals surface area contributed by atoms with Gasteiger partial charge in [0.1, 0.15) is 0 Å². The lowest BCUT2D eigenvalue weighted by Crippen LogP contribution is -2.30. The van der Waals surface area contributed by atoms with Crippen LogP contribution in [0.25, 0.3) is 0 Å². The molecule has 0 unspecified atom stereocenters. The zero-order valence-corrected chi connectivity index (χ0v) is 9.08. The molecule has 2 heterocycles. The Morgan fingerprint density at radius 3 is 2.00 bits per heavy atom. The Morgan fingerprint density at radius 2 is 1.86 bits per heavy atom. The van der Waals surface area contributed by atoms with Gasteiger partial charge in [-0.25, -0.2) is 0 Å². The van der Waals surface area contributed by atoms with Crippen molar-refractivity contribution in [3.05, 3.63) is 0 Å². The Bertz CT molecular complexity index is 108. The van der Waals surface area contributed by atoms with Gasteiger partial charge in [-0.2, -0.15) is 10.7 Å². The molecule has 84 valence electrons. The van der Waals surface area contributed by atoms with Gasteiger partial charge >= 0.3 is 0 Å². The van der Waals surface area contributed by atoms with Crippen molar-refractivity contribution in [1.29, 1.82) is 0 Å². The molecule has 0 amide bonds. The molecule has 0 aromatic heterocycles. The summed E-state index contributed by atoms with van der Waals surface area (Å²) in [7, 11) is 0. The first kappa shape index (κ1) is 13.4. The highest BCUT2D eigenvalue weighted by Crippen LogP contribution is 1.79. The van der Waals surface area contributed by atoms with Crippen LogP contribution in [0.15, 0.2) is 5.10 Å². The Morgan fingerprint density at radius 1 is 1.14 bits per heavy atom. The topological polar surface area (TPSA) is 54.9 Å². The second kappa shape index (κ2) is 12.3. The average Bonchev–Trinajstić information content (AvgIpc) is 2.37. The predicted octanol–water partition coefficient (Wildman–Crippen LogP) is 0.530. The molecule has 1 fully saturated rings. The Balaban J connectivity index is 0.000000206. The van der Waals surface area contributed by atoms with Gasteiger partial charge in [-0.3, -0.25) is 4.84 Å². The highest BCUT2D eigenvalue weighted by molar-refractivity contribution is 5.56. The van der Waals surface area contributed by atoms with Crippen molar-refractivity contribution in [2.75, 3.05) is 32.9 Å². The molecular weight excluding hydrogens is 182 g/mol. The SMILES string of the molecule is C1=NNOCC1.C1COCCN1.CC. The van der Waals surface area contributed by atoms with Gasteiger partial charge in [-0.1, -0.05) is 13.8 Å². The summed E-state index contributed by atoms with van der Waals surface area (Å²) in [6.45, 7) is 8.57. The highest BCUT2D eigenvalue weighted by atomic mass is 16.7. The molecule has 5 heteroatoms. The largest absolute Gasteiger partial charge is 0.379 e. The smallest absolute Gasteiger partial charge is 0.0814 e. The van der Waals surface area contributed by atoms with Crippen molar-refractivity contribution in [2.45, 2.75) is 20.3 Å². The van der Waals surface area contributed by atoms with Crippen molar-refractivity contribution in [1.82, 2.24) is 10.9 Å². The third kappa shape index (κ3) is 9.44. The fourth-order valence-corrected chi connectivity index (χ4v) is 0.812. The molecule has 5 nitrogen and oxygen atoms in total. The van der Waals surface area contributed by atoms with E-state index in [0.29, 0.717) is 0 Å². The summed E-state index contributed by atoms with van der Waals surface area (Å²) < 4.78 is 5.01. The van der Waals surface area contributed by atoms with Gasteiger partial charge in [0.05, 0.1) is 19.8 Å². The van der Waals surface area contributed by atoms with Crippen molar-refractivity contribution in [3.8, 4) is 0 Å². The number of nitrogens with one attached hydrogen (secondary N) is 2. The predicted molar refractivity (Wildman–Crippen MR) is 57.2 cm³/mol. The van der Waals surface area contributed by atoms with Crippen LogP contribution in [0.3, 0.4) is 0 Å². The minimum absolute atomic E-state index is 0.740. The van der Waals surface area contributed by atoms with Gasteiger partial charge in [0, 0.05) is 25.7 Å². The summed E-state index contributed by atoms with van der Waals surface area (Å²) in [5, 5.41) is 6.74. The molecule has 2 rings (SSSR count). The molecule has 0 saturated carbocycles. The van der Waals surface area contributed by atoms with Crippen LogP contribution in [0.4, 0.5) is 0 Å². The van der Waals surface area contributed by atoms with Crippen LogP contribution in [-0.2, 0) is 9.57 Å². The number of morpholine rings is 1. The summed E-state index contributed by atoms with van der Waals surface area (Å²) in [5.74, 6) is 0. The lowest BCUT2D eigenvalue weighted by atomic mass is 10.5. The van der Waals surface area contributed by atoms with Crippen molar-refractivity contribution >= 4 is 6.21 Å². The van der Waals surface area contributed by atoms with E-state index in [2.05, 4.69) is 20.8 Å². The molecule has 0 aromatic rings. The molecule has 0 spiro atoms. The van der Waals surface area contributed by atoms with Crippen LogP contribution in [0, 0.1) is 0 Å². The fourth-order valence-electron chi connectivity index (χ4n) is 0.812. The van der Waals surface area contributed by atoms with Gasteiger partial charge in [0.2, 0.25) is 0 Å². The third-order valence-corrected chi connectivity index (χ3v) is 1.40. The summed E-state index contributed by atoms with van der Waals surface area (Å²) in [6, 6.07) is 0. The maximum Gasteiger partial charge on any atom is 0.0814 e. The number of hydrogen-bond donors (Lipinski definition) is 2.